The lowest BCUT2D eigenvalue weighted by Crippen LogP contribution is -2.47. The van der Waals surface area contributed by atoms with Crippen molar-refractivity contribution in [1.82, 2.24) is 14.8 Å². The minimum Gasteiger partial charge on any atom is -0.461 e. The summed E-state index contributed by atoms with van der Waals surface area (Å²) < 4.78 is 5.61. The number of ether oxygens (including phenoxy) is 1. The first kappa shape index (κ1) is 21.9. The van der Waals surface area contributed by atoms with Gasteiger partial charge in [0, 0.05) is 32.7 Å². The molecule has 164 valence electrons. The number of hydrogen-bond acceptors (Lipinski definition) is 5. The molecule has 0 atom stereocenters. The van der Waals surface area contributed by atoms with E-state index in [4.69, 9.17) is 27.9 Å². The Balaban J connectivity index is 1.24. The van der Waals surface area contributed by atoms with Crippen LogP contribution in [0.2, 0.25) is 5.15 Å². The Morgan fingerprint density at radius 2 is 1.81 bits per heavy atom. The lowest BCUT2D eigenvalue weighted by Gasteiger charge is -2.35. The number of aryl methyl sites for hydroxylation is 1. The second-order valence-electron chi connectivity index (χ2n) is 7.87. The summed E-state index contributed by atoms with van der Waals surface area (Å²) in [5.74, 6) is 1.38. The molecule has 1 fully saturated rings. The molecule has 8 heteroatoms. The molecule has 4 rings (SSSR count). The predicted molar refractivity (Wildman–Crippen MR) is 124 cm³/mol. The highest BCUT2D eigenvalue weighted by Gasteiger charge is 2.25. The fourth-order valence-electron chi connectivity index (χ4n) is 3.91. The lowest BCUT2D eigenvalue weighted by molar-refractivity contribution is 0.0814. The zero-order valence-electron chi connectivity index (χ0n) is 17.6. The van der Waals surface area contributed by atoms with Crippen LogP contribution in [0.15, 0.2) is 47.8 Å². The van der Waals surface area contributed by atoms with Gasteiger partial charge in [-0.2, -0.15) is 0 Å². The van der Waals surface area contributed by atoms with Crippen LogP contribution in [0, 0.1) is 6.92 Å². The highest BCUT2D eigenvalue weighted by Crippen LogP contribution is 2.28. The molecule has 1 amide bonds. The monoisotopic (exact) mass is 460 g/mol. The molecule has 2 aliphatic rings. The highest BCUT2D eigenvalue weighted by molar-refractivity contribution is 6.30. The number of carbonyl (C=O) groups excluding carboxylic acids is 1. The number of benzene rings is 1. The summed E-state index contributed by atoms with van der Waals surface area (Å²) in [7, 11) is 0. The van der Waals surface area contributed by atoms with Crippen molar-refractivity contribution in [3.8, 4) is 5.75 Å². The lowest BCUT2D eigenvalue weighted by atomic mass is 10.1. The second kappa shape index (κ2) is 9.90. The minimum absolute atomic E-state index is 0.114. The van der Waals surface area contributed by atoms with E-state index >= 15 is 0 Å². The van der Waals surface area contributed by atoms with Crippen molar-refractivity contribution < 1.29 is 9.53 Å². The molecule has 0 unspecified atom stereocenters. The van der Waals surface area contributed by atoms with Crippen molar-refractivity contribution in [2.75, 3.05) is 44.2 Å². The first-order valence-corrected chi connectivity index (χ1v) is 11.3. The Labute approximate surface area is 193 Å². The second-order valence-corrected chi connectivity index (χ2v) is 8.64. The number of rotatable bonds is 6. The van der Waals surface area contributed by atoms with E-state index in [0.717, 1.165) is 56.9 Å². The Morgan fingerprint density at radius 1 is 1.03 bits per heavy atom. The number of carbonyl (C=O) groups is 1. The number of unbranched alkanes of at least 4 members (excludes halogenated alkanes) is 1. The van der Waals surface area contributed by atoms with Gasteiger partial charge in [0.2, 0.25) is 0 Å². The van der Waals surface area contributed by atoms with Gasteiger partial charge < -0.3 is 9.64 Å². The van der Waals surface area contributed by atoms with Crippen molar-refractivity contribution in [2.45, 2.75) is 19.8 Å². The third-order valence-corrected chi connectivity index (χ3v) is 6.16. The third kappa shape index (κ3) is 5.32. The van der Waals surface area contributed by atoms with Crippen LogP contribution in [0.25, 0.3) is 0 Å². The SMILES string of the molecule is Cc1ccc2c(c1)OC=C(Cl)N(CCCCN1CCN(c3cccc(Cl)n3)CC1)C2=O. The average molecular weight is 461 g/mol. The number of pyridine rings is 1. The van der Waals surface area contributed by atoms with Crippen LogP contribution >= 0.6 is 23.2 Å². The van der Waals surface area contributed by atoms with Crippen molar-refractivity contribution >= 4 is 34.9 Å². The molecule has 3 heterocycles. The van der Waals surface area contributed by atoms with Crippen LogP contribution < -0.4 is 9.64 Å². The largest absolute Gasteiger partial charge is 0.461 e. The predicted octanol–water partition coefficient (Wildman–Crippen LogP) is 4.52. The van der Waals surface area contributed by atoms with E-state index in [2.05, 4.69) is 14.8 Å². The molecule has 1 aromatic carbocycles. The normalized spacial score (nSPS) is 17.1. The molecular formula is C23H26Cl2N4O2. The Kier molecular flexibility index (Phi) is 7.00. The van der Waals surface area contributed by atoms with Gasteiger partial charge in [0.25, 0.3) is 5.91 Å². The topological polar surface area (TPSA) is 48.9 Å². The van der Waals surface area contributed by atoms with Crippen molar-refractivity contribution in [3.05, 3.63) is 64.1 Å². The molecular weight excluding hydrogens is 435 g/mol. The van der Waals surface area contributed by atoms with Gasteiger partial charge in [-0.05, 0) is 56.1 Å². The van der Waals surface area contributed by atoms with Crippen LogP contribution in [0.1, 0.15) is 28.8 Å². The number of fused-ring (bicyclic) bond motifs is 1. The third-order valence-electron chi connectivity index (χ3n) is 5.66. The summed E-state index contributed by atoms with van der Waals surface area (Å²) in [5.41, 5.74) is 1.58. The van der Waals surface area contributed by atoms with Crippen molar-refractivity contribution in [2.24, 2.45) is 0 Å². The Hall–Kier alpha value is -2.28. The number of amides is 1. The van der Waals surface area contributed by atoms with Crippen LogP contribution in [0.3, 0.4) is 0 Å². The van der Waals surface area contributed by atoms with Gasteiger partial charge >= 0.3 is 0 Å². The Bertz CT molecular complexity index is 974. The maximum absolute atomic E-state index is 12.9. The standard InChI is InChI=1S/C23H26Cl2N4O2/c1-17-7-8-18-19(15-17)31-16-21(25)29(23(18)30)10-3-2-9-27-11-13-28(14-12-27)22-6-4-5-20(24)26-22/h4-8,15-16H,2-3,9-14H2,1H3. The van der Waals surface area contributed by atoms with Gasteiger partial charge in [0.05, 0.1) is 5.56 Å². The molecule has 0 N–H and O–H groups in total. The van der Waals surface area contributed by atoms with E-state index in [0.29, 0.717) is 28.2 Å². The van der Waals surface area contributed by atoms with E-state index in [1.165, 1.54) is 6.26 Å². The first-order valence-electron chi connectivity index (χ1n) is 10.6. The highest BCUT2D eigenvalue weighted by atomic mass is 35.5. The maximum atomic E-state index is 12.9. The minimum atomic E-state index is -0.114. The molecule has 2 aromatic rings. The van der Waals surface area contributed by atoms with E-state index < -0.39 is 0 Å². The summed E-state index contributed by atoms with van der Waals surface area (Å²) in [6, 6.07) is 11.3. The van der Waals surface area contributed by atoms with Crippen LogP contribution in [-0.2, 0) is 0 Å². The van der Waals surface area contributed by atoms with Gasteiger partial charge in [0.1, 0.15) is 28.1 Å². The summed E-state index contributed by atoms with van der Waals surface area (Å²) in [5, 5.41) is 0.848. The number of hydrogen-bond donors (Lipinski definition) is 0. The van der Waals surface area contributed by atoms with Gasteiger partial charge in [-0.1, -0.05) is 35.3 Å². The molecule has 0 bridgehead atoms. The number of nitrogens with zero attached hydrogens (tertiary/aromatic N) is 4. The average Bonchev–Trinajstić information content (AvgIpc) is 2.88. The first-order chi connectivity index (χ1) is 15.0. The quantitative estimate of drug-likeness (QED) is 0.360. The van der Waals surface area contributed by atoms with Gasteiger partial charge in [-0.25, -0.2) is 4.98 Å². The zero-order valence-corrected chi connectivity index (χ0v) is 19.1. The van der Waals surface area contributed by atoms with Crippen LogP contribution in [0.5, 0.6) is 5.75 Å². The fourth-order valence-corrected chi connectivity index (χ4v) is 4.27. The number of halogens is 2. The van der Waals surface area contributed by atoms with Crippen LogP contribution in [-0.4, -0.2) is 60.0 Å². The molecule has 1 aromatic heterocycles. The number of anilines is 1. The molecule has 0 saturated carbocycles. The van der Waals surface area contributed by atoms with Gasteiger partial charge in [0.15, 0.2) is 0 Å². The van der Waals surface area contributed by atoms with Gasteiger partial charge in [-0.3, -0.25) is 14.6 Å². The van der Waals surface area contributed by atoms with Gasteiger partial charge in [-0.15, -0.1) is 0 Å². The molecule has 0 aliphatic carbocycles. The molecule has 6 nitrogen and oxygen atoms in total. The Morgan fingerprint density at radius 3 is 2.58 bits per heavy atom. The van der Waals surface area contributed by atoms with E-state index in [-0.39, 0.29) is 5.91 Å². The molecule has 1 saturated heterocycles. The van der Waals surface area contributed by atoms with Crippen molar-refractivity contribution in [1.29, 1.82) is 0 Å². The van der Waals surface area contributed by atoms with E-state index in [9.17, 15) is 4.79 Å². The number of piperazine rings is 1. The summed E-state index contributed by atoms with van der Waals surface area (Å²) >= 11 is 12.3. The molecule has 0 spiro atoms. The van der Waals surface area contributed by atoms with Crippen molar-refractivity contribution in [3.63, 3.8) is 0 Å². The summed E-state index contributed by atoms with van der Waals surface area (Å²) in [6.45, 7) is 7.35. The van der Waals surface area contributed by atoms with E-state index in [1.807, 2.05) is 31.2 Å². The van der Waals surface area contributed by atoms with E-state index in [1.54, 1.807) is 17.0 Å². The molecule has 2 aliphatic heterocycles. The van der Waals surface area contributed by atoms with Crippen LogP contribution in [0.4, 0.5) is 5.82 Å². The molecule has 0 radical (unpaired) electrons. The zero-order chi connectivity index (χ0) is 21.8. The summed E-state index contributed by atoms with van der Waals surface area (Å²) in [4.78, 5) is 23.7. The smallest absolute Gasteiger partial charge is 0.262 e. The fraction of sp³-hybridized carbons (Fsp3) is 0.391. The summed E-state index contributed by atoms with van der Waals surface area (Å²) in [6.07, 6.45) is 3.31. The maximum Gasteiger partial charge on any atom is 0.262 e. The molecule has 31 heavy (non-hydrogen) atoms. The number of aromatic nitrogens is 1.